The molecule has 113 valence electrons. The SMILES string of the molecule is C[B]CCCCCc1cc(OC)c(C(=O)O)c(N=CN)n1. The molecule has 0 amide bonds. The molecule has 0 spiro atoms. The Labute approximate surface area is 125 Å². The molecule has 1 aromatic heterocycles. The third-order valence-electron chi connectivity index (χ3n) is 3.07. The highest BCUT2D eigenvalue weighted by atomic mass is 16.5. The minimum atomic E-state index is -1.13. The fourth-order valence-corrected chi connectivity index (χ4v) is 2.04. The average Bonchev–Trinajstić information content (AvgIpc) is 2.46. The molecule has 0 bridgehead atoms. The van der Waals surface area contributed by atoms with E-state index in [2.05, 4.69) is 17.3 Å². The lowest BCUT2D eigenvalue weighted by Gasteiger charge is -2.10. The van der Waals surface area contributed by atoms with Crippen LogP contribution in [0.2, 0.25) is 13.1 Å². The van der Waals surface area contributed by atoms with E-state index in [4.69, 9.17) is 10.5 Å². The van der Waals surface area contributed by atoms with E-state index >= 15 is 0 Å². The van der Waals surface area contributed by atoms with Crippen molar-refractivity contribution in [2.75, 3.05) is 7.11 Å². The van der Waals surface area contributed by atoms with Crippen molar-refractivity contribution in [3.8, 4) is 5.75 Å². The summed E-state index contributed by atoms with van der Waals surface area (Å²) in [6.07, 6.45) is 6.14. The number of aliphatic imine (C=N–C) groups is 1. The quantitative estimate of drug-likeness (QED) is 0.315. The zero-order chi connectivity index (χ0) is 15.7. The number of hydrogen-bond donors (Lipinski definition) is 2. The first kappa shape index (κ1) is 17.0. The number of ether oxygens (including phenoxy) is 1. The van der Waals surface area contributed by atoms with E-state index in [0.29, 0.717) is 0 Å². The second-order valence-electron chi connectivity index (χ2n) is 4.61. The minimum absolute atomic E-state index is 0.0662. The molecule has 0 saturated heterocycles. The van der Waals surface area contributed by atoms with Gasteiger partial charge in [-0.15, -0.1) is 0 Å². The molecule has 21 heavy (non-hydrogen) atoms. The van der Waals surface area contributed by atoms with Gasteiger partial charge in [-0.2, -0.15) is 0 Å². The normalized spacial score (nSPS) is 10.8. The van der Waals surface area contributed by atoms with Crippen LogP contribution in [0.3, 0.4) is 0 Å². The largest absolute Gasteiger partial charge is 0.496 e. The van der Waals surface area contributed by atoms with E-state index < -0.39 is 5.97 Å². The standard InChI is InChI=1S/C14H21BN3O3/c1-15-7-5-3-4-6-10-8-11(21-2)12(14(19)20)13(18-10)17-9-16/h8-9H,3-7H2,1-2H3,(H,19,20)(H2,16,17,18). The summed E-state index contributed by atoms with van der Waals surface area (Å²) >= 11 is 0. The van der Waals surface area contributed by atoms with Crippen LogP contribution in [-0.2, 0) is 6.42 Å². The summed E-state index contributed by atoms with van der Waals surface area (Å²) in [7, 11) is 3.58. The Balaban J connectivity index is 2.91. The number of carboxylic acid groups (broad SMARTS) is 1. The van der Waals surface area contributed by atoms with Crippen LogP contribution in [0, 0.1) is 0 Å². The first-order chi connectivity index (χ1) is 10.1. The predicted octanol–water partition coefficient (Wildman–Crippen LogP) is 2.29. The fourth-order valence-electron chi connectivity index (χ4n) is 2.04. The highest BCUT2D eigenvalue weighted by Crippen LogP contribution is 2.28. The van der Waals surface area contributed by atoms with Crippen molar-refractivity contribution in [2.24, 2.45) is 10.7 Å². The summed E-state index contributed by atoms with van der Waals surface area (Å²) in [6.45, 7) is 2.05. The average molecular weight is 290 g/mol. The molecule has 3 N–H and O–H groups in total. The Morgan fingerprint density at radius 1 is 1.52 bits per heavy atom. The van der Waals surface area contributed by atoms with Gasteiger partial charge in [-0.1, -0.05) is 26.0 Å². The molecule has 0 unspecified atom stereocenters. The summed E-state index contributed by atoms with van der Waals surface area (Å²) in [5.74, 6) is -0.791. The predicted molar refractivity (Wildman–Crippen MR) is 84.1 cm³/mol. The van der Waals surface area contributed by atoms with Crippen LogP contribution in [0.1, 0.15) is 35.3 Å². The number of nitrogens with zero attached hydrogens (tertiary/aromatic N) is 2. The molecule has 0 aliphatic rings. The number of methoxy groups -OCH3 is 1. The van der Waals surface area contributed by atoms with Crippen LogP contribution >= 0.6 is 0 Å². The molecule has 0 fully saturated rings. The second-order valence-corrected chi connectivity index (χ2v) is 4.61. The first-order valence-corrected chi connectivity index (χ1v) is 6.97. The van der Waals surface area contributed by atoms with E-state index in [-0.39, 0.29) is 17.1 Å². The maximum Gasteiger partial charge on any atom is 0.343 e. The van der Waals surface area contributed by atoms with Crippen LogP contribution in [-0.4, -0.2) is 36.8 Å². The van der Waals surface area contributed by atoms with Gasteiger partial charge in [-0.05, 0) is 12.8 Å². The third-order valence-corrected chi connectivity index (χ3v) is 3.07. The minimum Gasteiger partial charge on any atom is -0.496 e. The molecule has 0 aromatic carbocycles. The molecule has 1 aromatic rings. The highest BCUT2D eigenvalue weighted by Gasteiger charge is 2.19. The van der Waals surface area contributed by atoms with E-state index in [1.807, 2.05) is 6.82 Å². The van der Waals surface area contributed by atoms with Crippen molar-refractivity contribution in [3.05, 3.63) is 17.3 Å². The maximum absolute atomic E-state index is 11.3. The molecule has 0 aliphatic carbocycles. The Bertz CT molecular complexity index is 506. The van der Waals surface area contributed by atoms with Gasteiger partial charge in [0.25, 0.3) is 0 Å². The molecule has 0 atom stereocenters. The van der Waals surface area contributed by atoms with Crippen molar-refractivity contribution < 1.29 is 14.6 Å². The summed E-state index contributed by atoms with van der Waals surface area (Å²) < 4.78 is 5.14. The Morgan fingerprint density at radius 3 is 2.86 bits per heavy atom. The molecule has 7 heteroatoms. The number of unbranched alkanes of at least 4 members (excludes halogenated alkanes) is 2. The Kier molecular flexibility index (Phi) is 7.28. The van der Waals surface area contributed by atoms with Crippen molar-refractivity contribution >= 4 is 25.4 Å². The lowest BCUT2D eigenvalue weighted by atomic mass is 9.76. The number of aromatic nitrogens is 1. The van der Waals surface area contributed by atoms with Crippen LogP contribution in [0.25, 0.3) is 0 Å². The van der Waals surface area contributed by atoms with Gasteiger partial charge >= 0.3 is 5.97 Å². The maximum atomic E-state index is 11.3. The number of aryl methyl sites for hydroxylation is 1. The van der Waals surface area contributed by atoms with Crippen molar-refractivity contribution in [2.45, 2.75) is 38.8 Å². The number of rotatable bonds is 9. The zero-order valence-corrected chi connectivity index (χ0v) is 12.5. The summed E-state index contributed by atoms with van der Waals surface area (Å²) in [5.41, 5.74) is 5.95. The van der Waals surface area contributed by atoms with E-state index in [0.717, 1.165) is 44.0 Å². The van der Waals surface area contributed by atoms with Crippen molar-refractivity contribution in [1.82, 2.24) is 4.98 Å². The summed E-state index contributed by atoms with van der Waals surface area (Å²) in [6, 6.07) is 1.66. The monoisotopic (exact) mass is 290 g/mol. The van der Waals surface area contributed by atoms with Crippen LogP contribution in [0.4, 0.5) is 5.82 Å². The van der Waals surface area contributed by atoms with Crippen LogP contribution in [0.5, 0.6) is 5.75 Å². The number of carboxylic acids is 1. The van der Waals surface area contributed by atoms with Gasteiger partial charge in [0.05, 0.1) is 13.4 Å². The van der Waals surface area contributed by atoms with Gasteiger partial charge < -0.3 is 15.6 Å². The lowest BCUT2D eigenvalue weighted by molar-refractivity contribution is 0.0694. The van der Waals surface area contributed by atoms with Crippen molar-refractivity contribution in [1.29, 1.82) is 0 Å². The van der Waals surface area contributed by atoms with Crippen LogP contribution in [0.15, 0.2) is 11.1 Å². The number of nitrogens with two attached hydrogens (primary N) is 1. The van der Waals surface area contributed by atoms with Gasteiger partial charge in [-0.25, -0.2) is 14.8 Å². The number of aromatic carboxylic acids is 1. The fraction of sp³-hybridized carbons (Fsp3) is 0.500. The molecule has 6 nitrogen and oxygen atoms in total. The summed E-state index contributed by atoms with van der Waals surface area (Å²) in [5, 5.41) is 9.23. The molecule has 0 saturated carbocycles. The molecule has 1 heterocycles. The van der Waals surface area contributed by atoms with Gasteiger partial charge in [0.15, 0.2) is 5.82 Å². The smallest absolute Gasteiger partial charge is 0.343 e. The molecule has 1 radical (unpaired) electrons. The molecule has 1 rings (SSSR count). The van der Waals surface area contributed by atoms with Gasteiger partial charge in [0.2, 0.25) is 0 Å². The van der Waals surface area contributed by atoms with E-state index in [1.165, 1.54) is 7.11 Å². The van der Waals surface area contributed by atoms with Gasteiger partial charge in [0, 0.05) is 11.8 Å². The summed E-state index contributed by atoms with van der Waals surface area (Å²) in [4.78, 5) is 19.4. The lowest BCUT2D eigenvalue weighted by Crippen LogP contribution is -2.05. The Morgan fingerprint density at radius 2 is 2.29 bits per heavy atom. The first-order valence-electron chi connectivity index (χ1n) is 6.97. The van der Waals surface area contributed by atoms with Gasteiger partial charge in [0.1, 0.15) is 18.6 Å². The topological polar surface area (TPSA) is 97.8 Å². The number of pyridine rings is 1. The number of carbonyl (C=O) groups is 1. The number of hydrogen-bond acceptors (Lipinski definition) is 4. The van der Waals surface area contributed by atoms with E-state index in [9.17, 15) is 9.90 Å². The second kappa shape index (κ2) is 8.99. The highest BCUT2D eigenvalue weighted by molar-refractivity contribution is 6.33. The third kappa shape index (κ3) is 5.09. The molecule has 0 aliphatic heterocycles. The van der Waals surface area contributed by atoms with Crippen LogP contribution < -0.4 is 10.5 Å². The van der Waals surface area contributed by atoms with Gasteiger partial charge in [-0.3, -0.25) is 0 Å². The van der Waals surface area contributed by atoms with E-state index in [1.54, 1.807) is 6.07 Å². The molecular weight excluding hydrogens is 269 g/mol. The molecular formula is C14H21BN3O3. The Hall–Kier alpha value is -2.05. The zero-order valence-electron chi connectivity index (χ0n) is 12.5. The van der Waals surface area contributed by atoms with Crippen molar-refractivity contribution in [3.63, 3.8) is 0 Å².